The highest BCUT2D eigenvalue weighted by molar-refractivity contribution is 7.49. The van der Waals surface area contributed by atoms with Gasteiger partial charge in [0.2, 0.25) is 0 Å². The van der Waals surface area contributed by atoms with E-state index in [1.54, 1.807) is 0 Å². The summed E-state index contributed by atoms with van der Waals surface area (Å²) in [5.41, 5.74) is 0. The molecule has 6 atom stereocenters. The second-order valence-electron chi connectivity index (χ2n) is 7.55. The van der Waals surface area contributed by atoms with Gasteiger partial charge < -0.3 is 32.7 Å². The maximum absolute atomic E-state index is 13.2. The zero-order valence-electron chi connectivity index (χ0n) is 20.9. The minimum Gasteiger partial charge on any atom is -0.455 e. The van der Waals surface area contributed by atoms with Crippen LogP contribution in [0, 0.1) is 0 Å². The SMILES string of the molecule is CC(=O)OC1C(OC(C)=O)[C@@H](OC(C)=O)[C@@H](OC(C)=O)C(OP(=O)(OC(C)=O)OC(C)=O)[C@H]1OC(C)=O. The van der Waals surface area contributed by atoms with Crippen molar-refractivity contribution in [3.05, 3.63) is 0 Å². The second-order valence-corrected chi connectivity index (χ2v) is 9.02. The Morgan fingerprint density at radius 2 is 0.622 bits per heavy atom. The lowest BCUT2D eigenvalue weighted by molar-refractivity contribution is -0.253. The third kappa shape index (κ3) is 9.80. The number of hydrogen-bond acceptors (Lipinski definition) is 16. The average molecular weight is 554 g/mol. The Morgan fingerprint density at radius 3 is 0.811 bits per heavy atom. The quantitative estimate of drug-likeness (QED) is 0.213. The Balaban J connectivity index is 3.90. The molecule has 0 bridgehead atoms. The van der Waals surface area contributed by atoms with Gasteiger partial charge in [-0.15, -0.1) is 0 Å². The van der Waals surface area contributed by atoms with Crippen LogP contribution in [0.1, 0.15) is 48.5 Å². The predicted octanol–water partition coefficient (Wildman–Crippen LogP) is 0.278. The number of carbonyl (C=O) groups excluding carboxylic acids is 7. The molecule has 0 aliphatic heterocycles. The molecule has 0 spiro atoms. The topological polar surface area (TPSA) is 210 Å². The van der Waals surface area contributed by atoms with Crippen LogP contribution in [0.4, 0.5) is 0 Å². The van der Waals surface area contributed by atoms with Gasteiger partial charge in [0, 0.05) is 48.5 Å². The number of esters is 5. The smallest absolute Gasteiger partial charge is 0.455 e. The Labute approximate surface area is 210 Å². The average Bonchev–Trinajstić information content (AvgIpc) is 2.67. The Kier molecular flexibility index (Phi) is 11.2. The highest BCUT2D eigenvalue weighted by Gasteiger charge is 2.62. The lowest BCUT2D eigenvalue weighted by atomic mass is 9.83. The second kappa shape index (κ2) is 13.1. The van der Waals surface area contributed by atoms with Crippen LogP contribution < -0.4 is 0 Å². The van der Waals surface area contributed by atoms with Crippen molar-refractivity contribution in [3.63, 3.8) is 0 Å². The fourth-order valence-corrected chi connectivity index (χ4v) is 4.69. The van der Waals surface area contributed by atoms with Gasteiger partial charge in [-0.05, 0) is 0 Å². The van der Waals surface area contributed by atoms with Gasteiger partial charge in [-0.25, -0.2) is 4.57 Å². The van der Waals surface area contributed by atoms with Gasteiger partial charge in [0.05, 0.1) is 0 Å². The summed E-state index contributed by atoms with van der Waals surface area (Å²) in [4.78, 5) is 82.8. The molecule has 17 heteroatoms. The van der Waals surface area contributed by atoms with Crippen molar-refractivity contribution >= 4 is 49.6 Å². The minimum absolute atomic E-state index is 0.799. The van der Waals surface area contributed by atoms with Crippen molar-refractivity contribution in [2.24, 2.45) is 0 Å². The van der Waals surface area contributed by atoms with E-state index in [1.165, 1.54) is 0 Å². The van der Waals surface area contributed by atoms with Crippen molar-refractivity contribution < 1.29 is 75.4 Å². The lowest BCUT2D eigenvalue weighted by Gasteiger charge is -2.47. The lowest BCUT2D eigenvalue weighted by Crippen LogP contribution is -2.68. The fraction of sp³-hybridized carbons (Fsp3) is 0.650. The maximum atomic E-state index is 13.2. The van der Waals surface area contributed by atoms with Gasteiger partial charge in [-0.1, -0.05) is 0 Å². The summed E-state index contributed by atoms with van der Waals surface area (Å²) in [5.74, 6) is -7.55. The first kappa shape index (κ1) is 31.5. The first-order valence-corrected chi connectivity index (χ1v) is 12.0. The molecule has 208 valence electrons. The van der Waals surface area contributed by atoms with Crippen molar-refractivity contribution in [1.29, 1.82) is 0 Å². The van der Waals surface area contributed by atoms with Crippen molar-refractivity contribution in [2.75, 3.05) is 0 Å². The van der Waals surface area contributed by atoms with E-state index in [-0.39, 0.29) is 0 Å². The summed E-state index contributed by atoms with van der Waals surface area (Å²) >= 11 is 0. The van der Waals surface area contributed by atoms with E-state index in [0.717, 1.165) is 48.5 Å². The number of rotatable bonds is 9. The predicted molar refractivity (Wildman–Crippen MR) is 114 cm³/mol. The highest BCUT2D eigenvalue weighted by atomic mass is 31.2. The van der Waals surface area contributed by atoms with Crippen LogP contribution in [0.5, 0.6) is 0 Å². The number of carbonyl (C=O) groups is 7. The van der Waals surface area contributed by atoms with E-state index in [9.17, 15) is 38.1 Å². The molecule has 1 fully saturated rings. The maximum Gasteiger partial charge on any atom is 0.592 e. The molecule has 0 N–H and O–H groups in total. The van der Waals surface area contributed by atoms with E-state index in [1.807, 2.05) is 0 Å². The van der Waals surface area contributed by atoms with Gasteiger partial charge >= 0.3 is 49.6 Å². The molecular formula is C20H27O16P. The van der Waals surface area contributed by atoms with E-state index in [4.69, 9.17) is 28.2 Å². The Bertz CT molecular complexity index is 925. The highest BCUT2D eigenvalue weighted by Crippen LogP contribution is 2.53. The molecular weight excluding hydrogens is 527 g/mol. The van der Waals surface area contributed by atoms with Gasteiger partial charge in [0.15, 0.2) is 36.6 Å². The molecule has 3 unspecified atom stereocenters. The molecule has 0 aromatic rings. The molecule has 0 aromatic carbocycles. The molecule has 0 aromatic heterocycles. The zero-order chi connectivity index (χ0) is 28.7. The number of phosphoric ester groups is 1. The van der Waals surface area contributed by atoms with Gasteiger partial charge in [-0.3, -0.25) is 38.1 Å². The third-order valence-corrected chi connectivity index (χ3v) is 5.65. The monoisotopic (exact) mass is 554 g/mol. The van der Waals surface area contributed by atoms with Crippen LogP contribution in [0.15, 0.2) is 0 Å². The molecule has 1 rings (SSSR count). The van der Waals surface area contributed by atoms with Gasteiger partial charge in [-0.2, -0.15) is 0 Å². The molecule has 0 saturated heterocycles. The first-order valence-electron chi connectivity index (χ1n) is 10.5. The Morgan fingerprint density at radius 1 is 0.405 bits per heavy atom. The minimum atomic E-state index is -5.20. The van der Waals surface area contributed by atoms with Crippen LogP contribution in [0.2, 0.25) is 0 Å². The van der Waals surface area contributed by atoms with E-state index < -0.39 is 86.2 Å². The van der Waals surface area contributed by atoms with Gasteiger partial charge in [0.25, 0.3) is 0 Å². The van der Waals surface area contributed by atoms with Crippen LogP contribution in [0.3, 0.4) is 0 Å². The molecule has 37 heavy (non-hydrogen) atoms. The van der Waals surface area contributed by atoms with Gasteiger partial charge in [0.1, 0.15) is 0 Å². The summed E-state index contributed by atoms with van der Waals surface area (Å²) in [6.07, 6.45) is -11.3. The normalized spacial score (nSPS) is 25.1. The van der Waals surface area contributed by atoms with Crippen molar-refractivity contribution in [3.8, 4) is 0 Å². The Hall–Kier alpha value is -3.52. The molecule has 1 aliphatic rings. The fourth-order valence-electron chi connectivity index (χ4n) is 3.40. The summed E-state index contributed by atoms with van der Waals surface area (Å²) < 4.78 is 53.5. The molecule has 1 saturated carbocycles. The first-order chi connectivity index (χ1) is 17.0. The number of hydrogen-bond donors (Lipinski definition) is 0. The zero-order valence-corrected chi connectivity index (χ0v) is 21.8. The van der Waals surface area contributed by atoms with Crippen LogP contribution in [-0.2, 0) is 75.4 Å². The van der Waals surface area contributed by atoms with Crippen molar-refractivity contribution in [1.82, 2.24) is 0 Å². The van der Waals surface area contributed by atoms with Crippen LogP contribution in [0.25, 0.3) is 0 Å². The summed E-state index contributed by atoms with van der Waals surface area (Å²) in [5, 5.41) is 0. The molecule has 0 radical (unpaired) electrons. The third-order valence-electron chi connectivity index (χ3n) is 4.18. The van der Waals surface area contributed by atoms with E-state index in [2.05, 4.69) is 9.05 Å². The number of ether oxygens (including phenoxy) is 5. The summed E-state index contributed by atoms with van der Waals surface area (Å²) in [6.45, 7) is 6.26. The summed E-state index contributed by atoms with van der Waals surface area (Å²) in [6, 6.07) is 0. The van der Waals surface area contributed by atoms with E-state index in [0.29, 0.717) is 0 Å². The molecule has 16 nitrogen and oxygen atoms in total. The molecule has 0 heterocycles. The van der Waals surface area contributed by atoms with E-state index >= 15 is 0 Å². The van der Waals surface area contributed by atoms with Crippen LogP contribution >= 0.6 is 7.82 Å². The largest absolute Gasteiger partial charge is 0.592 e. The number of phosphoric acid groups is 1. The standard InChI is InChI=1S/C20H27O16P/c1-8(21)29-15-16(30-9(2)22)18(32-11(4)24)20(19(33-12(5)25)17(15)31-10(3)23)36-37(28,34-13(6)26)35-14(7)27/h15-20H,1-7H3/t15?,16-,17?,18-,19+,20?/m1/s1. The summed E-state index contributed by atoms with van der Waals surface area (Å²) in [7, 11) is -5.20. The van der Waals surface area contributed by atoms with Crippen LogP contribution in [-0.4, -0.2) is 78.4 Å². The molecule has 1 aliphatic carbocycles. The van der Waals surface area contributed by atoms with Crippen molar-refractivity contribution in [2.45, 2.75) is 85.1 Å². The molecule has 0 amide bonds.